The van der Waals surface area contributed by atoms with Crippen LogP contribution in [-0.2, 0) is 16.8 Å². The molecular weight excluding hydrogens is 278 g/mol. The van der Waals surface area contributed by atoms with Gasteiger partial charge in [-0.1, -0.05) is 24.3 Å². The van der Waals surface area contributed by atoms with Gasteiger partial charge in [0.05, 0.1) is 24.6 Å². The van der Waals surface area contributed by atoms with Gasteiger partial charge in [-0.15, -0.1) is 0 Å². The first kappa shape index (κ1) is 16.5. The number of amides is 1. The third-order valence-electron chi connectivity index (χ3n) is 4.13. The molecule has 0 aromatic heterocycles. The van der Waals surface area contributed by atoms with Crippen molar-refractivity contribution in [1.82, 2.24) is 9.80 Å². The largest absolute Gasteiger partial charge is 0.395 e. The van der Waals surface area contributed by atoms with Crippen molar-refractivity contribution in [2.45, 2.75) is 25.8 Å². The van der Waals surface area contributed by atoms with Crippen LogP contribution in [0.3, 0.4) is 0 Å². The van der Waals surface area contributed by atoms with E-state index in [-0.39, 0.29) is 12.5 Å². The number of carbonyl (C=O) groups excluding carboxylic acids is 1. The molecule has 0 bridgehead atoms. The molecule has 2 rings (SSSR count). The fraction of sp³-hybridized carbons (Fsp3) is 0.529. The first-order valence-electron chi connectivity index (χ1n) is 7.58. The number of hydrogen-bond donors (Lipinski definition) is 1. The standard InChI is InChI=1S/C17H23N3O2/c1-17(2,13-18)15-6-4-3-5-14(15)11-19-7-8-20(9-10-21)16(22)12-19/h3-6,21H,7-12H2,1-2H3. The molecule has 1 aromatic rings. The van der Waals surface area contributed by atoms with Crippen molar-refractivity contribution in [1.29, 1.82) is 5.26 Å². The van der Waals surface area contributed by atoms with Gasteiger partial charge in [-0.3, -0.25) is 9.69 Å². The summed E-state index contributed by atoms with van der Waals surface area (Å²) < 4.78 is 0. The average Bonchev–Trinajstić information content (AvgIpc) is 2.50. The molecule has 1 heterocycles. The third kappa shape index (κ3) is 3.65. The monoisotopic (exact) mass is 301 g/mol. The molecule has 0 spiro atoms. The molecule has 118 valence electrons. The van der Waals surface area contributed by atoms with Crippen molar-refractivity contribution in [2.24, 2.45) is 0 Å². The molecule has 1 fully saturated rings. The Kier molecular flexibility index (Phi) is 5.17. The summed E-state index contributed by atoms with van der Waals surface area (Å²) in [6.07, 6.45) is 0. The van der Waals surface area contributed by atoms with E-state index in [2.05, 4.69) is 11.0 Å². The number of rotatable bonds is 5. The van der Waals surface area contributed by atoms with Crippen molar-refractivity contribution in [3.05, 3.63) is 35.4 Å². The van der Waals surface area contributed by atoms with Crippen LogP contribution in [0.5, 0.6) is 0 Å². The maximum Gasteiger partial charge on any atom is 0.236 e. The highest BCUT2D eigenvalue weighted by atomic mass is 16.3. The highest BCUT2D eigenvalue weighted by Gasteiger charge is 2.27. The average molecular weight is 301 g/mol. The summed E-state index contributed by atoms with van der Waals surface area (Å²) in [6, 6.07) is 10.3. The number of benzene rings is 1. The summed E-state index contributed by atoms with van der Waals surface area (Å²) in [4.78, 5) is 15.8. The molecule has 1 aliphatic rings. The van der Waals surface area contributed by atoms with E-state index in [1.165, 1.54) is 0 Å². The van der Waals surface area contributed by atoms with Crippen LogP contribution in [0.2, 0.25) is 0 Å². The molecular formula is C17H23N3O2. The molecule has 5 nitrogen and oxygen atoms in total. The Morgan fingerprint density at radius 1 is 1.32 bits per heavy atom. The Morgan fingerprint density at radius 3 is 2.68 bits per heavy atom. The number of carbonyl (C=O) groups is 1. The number of nitriles is 1. The van der Waals surface area contributed by atoms with E-state index in [0.717, 1.165) is 17.7 Å². The zero-order chi connectivity index (χ0) is 16.2. The van der Waals surface area contributed by atoms with Gasteiger partial charge in [0.2, 0.25) is 5.91 Å². The molecule has 0 radical (unpaired) electrons. The van der Waals surface area contributed by atoms with Gasteiger partial charge in [-0.25, -0.2) is 0 Å². The van der Waals surface area contributed by atoms with Crippen LogP contribution in [-0.4, -0.2) is 53.6 Å². The Labute approximate surface area is 131 Å². The number of aliphatic hydroxyl groups is 1. The highest BCUT2D eigenvalue weighted by Crippen LogP contribution is 2.26. The van der Waals surface area contributed by atoms with E-state index in [0.29, 0.717) is 26.2 Å². The predicted octanol–water partition coefficient (Wildman–Crippen LogP) is 1.12. The number of nitrogens with zero attached hydrogens (tertiary/aromatic N) is 3. The second-order valence-electron chi connectivity index (χ2n) is 6.21. The molecule has 0 unspecified atom stereocenters. The van der Waals surface area contributed by atoms with E-state index in [1.807, 2.05) is 38.1 Å². The van der Waals surface area contributed by atoms with Gasteiger partial charge in [0.1, 0.15) is 0 Å². The van der Waals surface area contributed by atoms with Gasteiger partial charge < -0.3 is 10.0 Å². The zero-order valence-corrected chi connectivity index (χ0v) is 13.2. The van der Waals surface area contributed by atoms with Crippen molar-refractivity contribution < 1.29 is 9.90 Å². The van der Waals surface area contributed by atoms with Gasteiger partial charge >= 0.3 is 0 Å². The quantitative estimate of drug-likeness (QED) is 0.885. The third-order valence-corrected chi connectivity index (χ3v) is 4.13. The summed E-state index contributed by atoms with van der Waals surface area (Å²) in [5, 5.41) is 18.3. The number of aliphatic hydroxyl groups excluding tert-OH is 1. The van der Waals surface area contributed by atoms with Crippen LogP contribution < -0.4 is 0 Å². The molecule has 0 aliphatic carbocycles. The van der Waals surface area contributed by atoms with Gasteiger partial charge in [-0.05, 0) is 25.0 Å². The number of β-amino-alcohol motifs (C(OH)–C–C–N with tert-alkyl or cyclic N) is 1. The minimum absolute atomic E-state index is 0.00489. The Hall–Kier alpha value is -1.90. The van der Waals surface area contributed by atoms with Gasteiger partial charge in [-0.2, -0.15) is 5.26 Å². The van der Waals surface area contributed by atoms with E-state index in [9.17, 15) is 10.1 Å². The highest BCUT2D eigenvalue weighted by molar-refractivity contribution is 5.79. The minimum atomic E-state index is -0.542. The number of piperazine rings is 1. The Balaban J connectivity index is 2.10. The predicted molar refractivity (Wildman–Crippen MR) is 84.0 cm³/mol. The summed E-state index contributed by atoms with van der Waals surface area (Å²) in [5.74, 6) is 0.0531. The van der Waals surface area contributed by atoms with Crippen molar-refractivity contribution in [3.8, 4) is 6.07 Å². The van der Waals surface area contributed by atoms with Gasteiger partial charge in [0.25, 0.3) is 0 Å². The topological polar surface area (TPSA) is 67.6 Å². The lowest BCUT2D eigenvalue weighted by Gasteiger charge is -2.34. The van der Waals surface area contributed by atoms with Crippen LogP contribution in [0.15, 0.2) is 24.3 Å². The van der Waals surface area contributed by atoms with Crippen molar-refractivity contribution in [3.63, 3.8) is 0 Å². The van der Waals surface area contributed by atoms with E-state index in [4.69, 9.17) is 5.11 Å². The van der Waals surface area contributed by atoms with Crippen LogP contribution >= 0.6 is 0 Å². The molecule has 0 atom stereocenters. The first-order chi connectivity index (χ1) is 10.5. The zero-order valence-electron chi connectivity index (χ0n) is 13.2. The smallest absolute Gasteiger partial charge is 0.236 e. The van der Waals surface area contributed by atoms with Crippen LogP contribution in [0.4, 0.5) is 0 Å². The summed E-state index contributed by atoms with van der Waals surface area (Å²) in [6.45, 7) is 6.69. The van der Waals surface area contributed by atoms with Crippen LogP contribution in [0, 0.1) is 11.3 Å². The molecule has 1 aliphatic heterocycles. The molecule has 0 saturated carbocycles. The maximum atomic E-state index is 12.0. The molecule has 1 saturated heterocycles. The second kappa shape index (κ2) is 6.91. The lowest BCUT2D eigenvalue weighted by atomic mass is 9.83. The Bertz CT molecular complexity index is 578. The van der Waals surface area contributed by atoms with Gasteiger partial charge in [0.15, 0.2) is 0 Å². The van der Waals surface area contributed by atoms with E-state index in [1.54, 1.807) is 4.90 Å². The van der Waals surface area contributed by atoms with Gasteiger partial charge in [0, 0.05) is 26.2 Å². The summed E-state index contributed by atoms with van der Waals surface area (Å²) in [5.41, 5.74) is 1.57. The minimum Gasteiger partial charge on any atom is -0.395 e. The summed E-state index contributed by atoms with van der Waals surface area (Å²) >= 11 is 0. The summed E-state index contributed by atoms with van der Waals surface area (Å²) in [7, 11) is 0. The Morgan fingerprint density at radius 2 is 2.05 bits per heavy atom. The lowest BCUT2D eigenvalue weighted by molar-refractivity contribution is -0.136. The van der Waals surface area contributed by atoms with Crippen molar-refractivity contribution >= 4 is 5.91 Å². The molecule has 1 aromatic carbocycles. The SMILES string of the molecule is CC(C)(C#N)c1ccccc1CN1CCN(CCO)C(=O)C1. The van der Waals surface area contributed by atoms with Crippen LogP contribution in [0.1, 0.15) is 25.0 Å². The van der Waals surface area contributed by atoms with Crippen LogP contribution in [0.25, 0.3) is 0 Å². The normalized spacial score (nSPS) is 16.6. The fourth-order valence-electron chi connectivity index (χ4n) is 2.82. The van der Waals surface area contributed by atoms with Crippen molar-refractivity contribution in [2.75, 3.05) is 32.8 Å². The molecule has 5 heteroatoms. The number of hydrogen-bond acceptors (Lipinski definition) is 4. The molecule has 1 N–H and O–H groups in total. The lowest BCUT2D eigenvalue weighted by Crippen LogP contribution is -2.50. The first-order valence-corrected chi connectivity index (χ1v) is 7.58. The second-order valence-corrected chi connectivity index (χ2v) is 6.21. The van der Waals surface area contributed by atoms with E-state index >= 15 is 0 Å². The molecule has 1 amide bonds. The fourth-order valence-corrected chi connectivity index (χ4v) is 2.82. The molecule has 22 heavy (non-hydrogen) atoms. The van der Waals surface area contributed by atoms with E-state index < -0.39 is 5.41 Å². The maximum absolute atomic E-state index is 12.0.